The van der Waals surface area contributed by atoms with Gasteiger partial charge in [0.1, 0.15) is 0 Å². The Balaban J connectivity index is 1.34. The van der Waals surface area contributed by atoms with Gasteiger partial charge in [-0.15, -0.1) is 0 Å². The van der Waals surface area contributed by atoms with Gasteiger partial charge in [-0.1, -0.05) is 30.3 Å². The highest BCUT2D eigenvalue weighted by molar-refractivity contribution is 5.78. The molecular formula is C22H30N4O2. The summed E-state index contributed by atoms with van der Waals surface area (Å²) in [6, 6.07) is 10.7. The first kappa shape index (κ1) is 19.2. The Morgan fingerprint density at radius 2 is 2.04 bits per heavy atom. The normalized spacial score (nSPS) is 20.3. The second kappa shape index (κ2) is 8.45. The van der Waals surface area contributed by atoms with Crippen molar-refractivity contribution in [1.82, 2.24) is 20.0 Å². The predicted octanol–water partition coefficient (Wildman–Crippen LogP) is 2.28. The van der Waals surface area contributed by atoms with Gasteiger partial charge in [0, 0.05) is 30.4 Å². The predicted molar refractivity (Wildman–Crippen MR) is 108 cm³/mol. The van der Waals surface area contributed by atoms with Crippen LogP contribution in [0.4, 0.5) is 0 Å². The minimum atomic E-state index is 0.0853. The molecule has 2 fully saturated rings. The summed E-state index contributed by atoms with van der Waals surface area (Å²) in [6.07, 6.45) is 2.54. The van der Waals surface area contributed by atoms with Crippen molar-refractivity contribution in [2.75, 3.05) is 26.3 Å². The zero-order chi connectivity index (χ0) is 19.5. The minimum absolute atomic E-state index is 0.0853. The van der Waals surface area contributed by atoms with Crippen molar-refractivity contribution in [3.63, 3.8) is 0 Å². The van der Waals surface area contributed by atoms with Gasteiger partial charge < -0.3 is 10.1 Å². The minimum Gasteiger partial charge on any atom is -0.378 e. The Hall–Kier alpha value is -2.18. The van der Waals surface area contributed by atoms with E-state index >= 15 is 0 Å². The topological polar surface area (TPSA) is 59.4 Å². The number of aryl methyl sites for hydroxylation is 1. The van der Waals surface area contributed by atoms with Crippen molar-refractivity contribution >= 4 is 5.91 Å². The van der Waals surface area contributed by atoms with Gasteiger partial charge in [-0.05, 0) is 38.2 Å². The molecule has 1 aromatic heterocycles. The molecule has 0 spiro atoms. The molecule has 1 N–H and O–H groups in total. The summed E-state index contributed by atoms with van der Waals surface area (Å²) in [6.45, 7) is 8.17. The van der Waals surface area contributed by atoms with Crippen LogP contribution in [-0.2, 0) is 22.6 Å². The van der Waals surface area contributed by atoms with E-state index in [1.165, 1.54) is 18.4 Å². The maximum Gasteiger partial charge on any atom is 0.234 e. The van der Waals surface area contributed by atoms with E-state index in [4.69, 9.17) is 4.74 Å². The molecule has 1 aromatic carbocycles. The van der Waals surface area contributed by atoms with Gasteiger partial charge in [0.05, 0.1) is 32.0 Å². The number of amides is 1. The monoisotopic (exact) mass is 382 g/mol. The Kier molecular flexibility index (Phi) is 5.78. The average molecular weight is 383 g/mol. The Labute approximate surface area is 166 Å². The number of carbonyl (C=O) groups excluding carboxylic acids is 1. The number of nitrogens with zero attached hydrogens (tertiary/aromatic N) is 3. The molecule has 6 heteroatoms. The van der Waals surface area contributed by atoms with Crippen LogP contribution in [0, 0.1) is 19.8 Å². The second-order valence-electron chi connectivity index (χ2n) is 8.02. The van der Waals surface area contributed by atoms with Crippen molar-refractivity contribution in [2.24, 2.45) is 5.92 Å². The van der Waals surface area contributed by atoms with E-state index in [0.29, 0.717) is 25.0 Å². The Bertz CT molecular complexity index is 813. The highest BCUT2D eigenvalue weighted by Gasteiger charge is 2.37. The van der Waals surface area contributed by atoms with Crippen molar-refractivity contribution in [3.05, 3.63) is 52.8 Å². The molecule has 1 amide bonds. The van der Waals surface area contributed by atoms with Crippen molar-refractivity contribution < 1.29 is 9.53 Å². The van der Waals surface area contributed by atoms with Crippen LogP contribution in [0.2, 0.25) is 0 Å². The Morgan fingerprint density at radius 3 is 2.79 bits per heavy atom. The van der Waals surface area contributed by atoms with E-state index in [9.17, 15) is 4.79 Å². The van der Waals surface area contributed by atoms with Crippen LogP contribution in [0.5, 0.6) is 0 Å². The molecule has 0 unspecified atom stereocenters. The van der Waals surface area contributed by atoms with E-state index in [1.807, 2.05) is 29.8 Å². The highest BCUT2D eigenvalue weighted by atomic mass is 16.5. The summed E-state index contributed by atoms with van der Waals surface area (Å²) in [5.74, 6) is 0.802. The molecule has 1 saturated heterocycles. The molecule has 1 saturated carbocycles. The molecule has 28 heavy (non-hydrogen) atoms. The molecule has 6 nitrogen and oxygen atoms in total. The second-order valence-corrected chi connectivity index (χ2v) is 8.02. The fourth-order valence-electron chi connectivity index (χ4n) is 4.10. The number of benzene rings is 1. The standard InChI is InChI=1S/C22H30N4O2/c1-16-20(17(2)26(24-16)13-18-6-4-3-5-7-18)12-23-22(27)14-25-10-11-28-15-21(25)19-8-9-19/h3-7,19,21H,8-15H2,1-2H3,(H,23,27)/t21-/m0/s1. The van der Waals surface area contributed by atoms with Gasteiger partial charge in [0.25, 0.3) is 0 Å². The van der Waals surface area contributed by atoms with Crippen LogP contribution < -0.4 is 5.32 Å². The average Bonchev–Trinajstić information content (AvgIpc) is 3.50. The van der Waals surface area contributed by atoms with Gasteiger partial charge in [-0.25, -0.2) is 0 Å². The zero-order valence-corrected chi connectivity index (χ0v) is 16.9. The van der Waals surface area contributed by atoms with Crippen LogP contribution >= 0.6 is 0 Å². The van der Waals surface area contributed by atoms with Crippen molar-refractivity contribution in [2.45, 2.75) is 45.8 Å². The van der Waals surface area contributed by atoms with Gasteiger partial charge in [-0.2, -0.15) is 5.10 Å². The number of hydrogen-bond donors (Lipinski definition) is 1. The molecule has 2 heterocycles. The highest BCUT2D eigenvalue weighted by Crippen LogP contribution is 2.36. The molecule has 2 aliphatic rings. The maximum absolute atomic E-state index is 12.6. The van der Waals surface area contributed by atoms with Crippen molar-refractivity contribution in [3.8, 4) is 0 Å². The lowest BCUT2D eigenvalue weighted by Gasteiger charge is -2.35. The van der Waals surface area contributed by atoms with Gasteiger partial charge >= 0.3 is 0 Å². The SMILES string of the molecule is Cc1nn(Cc2ccccc2)c(C)c1CNC(=O)CN1CCOC[C@H]1C1CC1. The molecule has 1 aliphatic carbocycles. The number of nitrogens with one attached hydrogen (secondary N) is 1. The lowest BCUT2D eigenvalue weighted by atomic mass is 10.1. The van der Waals surface area contributed by atoms with E-state index in [2.05, 4.69) is 34.4 Å². The lowest BCUT2D eigenvalue weighted by molar-refractivity contribution is -0.125. The maximum atomic E-state index is 12.6. The number of rotatable bonds is 7. The van der Waals surface area contributed by atoms with Crippen molar-refractivity contribution in [1.29, 1.82) is 0 Å². The van der Waals surface area contributed by atoms with Gasteiger partial charge in [0.2, 0.25) is 5.91 Å². The first-order chi connectivity index (χ1) is 13.6. The summed E-state index contributed by atoms with van der Waals surface area (Å²) in [5.41, 5.74) is 4.44. The van der Waals surface area contributed by atoms with E-state index < -0.39 is 0 Å². The first-order valence-electron chi connectivity index (χ1n) is 10.3. The van der Waals surface area contributed by atoms with Crippen LogP contribution in [0.1, 0.15) is 35.4 Å². The summed E-state index contributed by atoms with van der Waals surface area (Å²) in [4.78, 5) is 14.9. The quantitative estimate of drug-likeness (QED) is 0.798. The summed E-state index contributed by atoms with van der Waals surface area (Å²) >= 11 is 0. The van der Waals surface area contributed by atoms with Crippen LogP contribution in [0.3, 0.4) is 0 Å². The fraction of sp³-hybridized carbons (Fsp3) is 0.545. The third kappa shape index (κ3) is 4.45. The van der Waals surface area contributed by atoms with Crippen LogP contribution in [0.25, 0.3) is 0 Å². The smallest absolute Gasteiger partial charge is 0.234 e. The molecule has 0 radical (unpaired) electrons. The molecule has 1 aliphatic heterocycles. The molecule has 2 aromatic rings. The molecule has 4 rings (SSSR count). The summed E-state index contributed by atoms with van der Waals surface area (Å²) in [7, 11) is 0. The van der Waals surface area contributed by atoms with Crippen LogP contribution in [0.15, 0.2) is 30.3 Å². The Morgan fingerprint density at radius 1 is 1.25 bits per heavy atom. The fourth-order valence-corrected chi connectivity index (χ4v) is 4.10. The van der Waals surface area contributed by atoms with Gasteiger partial charge in [0.15, 0.2) is 0 Å². The van der Waals surface area contributed by atoms with Crippen LogP contribution in [-0.4, -0.2) is 52.9 Å². The van der Waals surface area contributed by atoms with E-state index in [1.54, 1.807) is 0 Å². The molecular weight excluding hydrogens is 352 g/mol. The molecule has 0 bridgehead atoms. The largest absolute Gasteiger partial charge is 0.378 e. The zero-order valence-electron chi connectivity index (χ0n) is 16.9. The van der Waals surface area contributed by atoms with E-state index in [0.717, 1.165) is 43.3 Å². The van der Waals surface area contributed by atoms with Gasteiger partial charge in [-0.3, -0.25) is 14.4 Å². The summed E-state index contributed by atoms with van der Waals surface area (Å²) < 4.78 is 7.65. The summed E-state index contributed by atoms with van der Waals surface area (Å²) in [5, 5.41) is 7.79. The number of aromatic nitrogens is 2. The number of hydrogen-bond acceptors (Lipinski definition) is 4. The third-order valence-corrected chi connectivity index (χ3v) is 5.96. The molecule has 1 atom stereocenters. The van der Waals surface area contributed by atoms with E-state index in [-0.39, 0.29) is 5.91 Å². The lowest BCUT2D eigenvalue weighted by Crippen LogP contribution is -2.50. The molecule has 150 valence electrons. The first-order valence-corrected chi connectivity index (χ1v) is 10.3. The third-order valence-electron chi connectivity index (χ3n) is 5.96. The number of ether oxygens (including phenoxy) is 1. The number of carbonyl (C=O) groups is 1. The number of morpholine rings is 1.